The topological polar surface area (TPSA) is 21.3 Å². The monoisotopic (exact) mass is 279 g/mol. The summed E-state index contributed by atoms with van der Waals surface area (Å²) in [5, 5.41) is 3.47. The zero-order valence-electron chi connectivity index (χ0n) is 12.2. The lowest BCUT2D eigenvalue weighted by Gasteiger charge is -2.28. The minimum Gasteiger partial charge on any atom is -0.354 e. The number of hydrogen-bond acceptors (Lipinski definition) is 2. The first-order valence-electron chi connectivity index (χ1n) is 7.47. The Balaban J connectivity index is 1.97. The second-order valence-electron chi connectivity index (χ2n) is 5.43. The van der Waals surface area contributed by atoms with E-state index >= 15 is 0 Å². The van der Waals surface area contributed by atoms with Crippen LogP contribution in [0.2, 0.25) is 0 Å². The van der Waals surface area contributed by atoms with E-state index in [0.29, 0.717) is 12.8 Å². The largest absolute Gasteiger partial charge is 0.354 e. The van der Waals surface area contributed by atoms with Gasteiger partial charge >= 0.3 is 0 Å². The fourth-order valence-electron chi connectivity index (χ4n) is 2.92. The highest BCUT2D eigenvalue weighted by atomic mass is 16.5. The smallest absolute Gasteiger partial charge is 0.110 e. The van der Waals surface area contributed by atoms with Gasteiger partial charge in [-0.2, -0.15) is 0 Å². The van der Waals surface area contributed by atoms with Crippen LogP contribution in [-0.4, -0.2) is 12.8 Å². The molecular formula is C19H21NO. The van der Waals surface area contributed by atoms with Crippen LogP contribution in [0, 0.1) is 0 Å². The van der Waals surface area contributed by atoms with Crippen LogP contribution in [0.15, 0.2) is 67.3 Å². The Hall–Kier alpha value is -1.90. The summed E-state index contributed by atoms with van der Waals surface area (Å²) in [6, 6.07) is 19.4. The molecule has 1 heterocycles. The van der Waals surface area contributed by atoms with Crippen LogP contribution in [0.3, 0.4) is 0 Å². The summed E-state index contributed by atoms with van der Waals surface area (Å²) in [5.74, 6) is 0. The number of fused-ring (bicyclic) bond motifs is 1. The molecule has 1 aliphatic rings. The lowest BCUT2D eigenvalue weighted by atomic mass is 9.92. The highest BCUT2D eigenvalue weighted by Crippen LogP contribution is 2.30. The van der Waals surface area contributed by atoms with Gasteiger partial charge in [0.2, 0.25) is 0 Å². The number of ether oxygens (including phenoxy) is 1. The van der Waals surface area contributed by atoms with Gasteiger partial charge in [0.25, 0.3) is 0 Å². The highest BCUT2D eigenvalue weighted by molar-refractivity contribution is 5.37. The van der Waals surface area contributed by atoms with E-state index in [0.717, 1.165) is 12.8 Å². The van der Waals surface area contributed by atoms with Gasteiger partial charge < -0.3 is 4.74 Å². The Morgan fingerprint density at radius 3 is 2.67 bits per heavy atom. The molecule has 1 N–H and O–H groups in total. The fraction of sp³-hybridized carbons (Fsp3) is 0.263. The Kier molecular flexibility index (Phi) is 4.49. The maximum absolute atomic E-state index is 6.13. The van der Waals surface area contributed by atoms with Crippen LogP contribution in [0.25, 0.3) is 0 Å². The van der Waals surface area contributed by atoms with Crippen molar-refractivity contribution < 1.29 is 4.74 Å². The lowest BCUT2D eigenvalue weighted by Crippen LogP contribution is -2.35. The summed E-state index contributed by atoms with van der Waals surface area (Å²) < 4.78 is 6.13. The third-order valence-electron chi connectivity index (χ3n) is 3.98. The molecule has 0 aliphatic carbocycles. The minimum atomic E-state index is -0.000388. The zero-order chi connectivity index (χ0) is 14.5. The summed E-state index contributed by atoms with van der Waals surface area (Å²) in [7, 11) is 0. The van der Waals surface area contributed by atoms with Crippen molar-refractivity contribution in [2.24, 2.45) is 0 Å². The highest BCUT2D eigenvalue weighted by Gasteiger charge is 2.22. The molecule has 21 heavy (non-hydrogen) atoms. The van der Waals surface area contributed by atoms with Crippen molar-refractivity contribution in [1.29, 1.82) is 0 Å². The van der Waals surface area contributed by atoms with Crippen molar-refractivity contribution in [3.8, 4) is 0 Å². The molecule has 2 heteroatoms. The number of benzene rings is 2. The van der Waals surface area contributed by atoms with Crippen molar-refractivity contribution in [2.45, 2.75) is 25.0 Å². The first-order chi connectivity index (χ1) is 10.4. The van der Waals surface area contributed by atoms with E-state index in [1.54, 1.807) is 0 Å². The molecule has 2 nitrogen and oxygen atoms in total. The average molecular weight is 279 g/mol. The molecule has 2 atom stereocenters. The summed E-state index contributed by atoms with van der Waals surface area (Å²) in [6.07, 6.45) is 3.93. The molecule has 0 fully saturated rings. The third kappa shape index (κ3) is 3.23. The van der Waals surface area contributed by atoms with E-state index < -0.39 is 0 Å². The van der Waals surface area contributed by atoms with Gasteiger partial charge in [-0.1, -0.05) is 60.7 Å². The molecule has 0 radical (unpaired) electrons. The third-order valence-corrected chi connectivity index (χ3v) is 3.98. The van der Waals surface area contributed by atoms with E-state index in [4.69, 9.17) is 4.74 Å². The molecule has 0 saturated heterocycles. The first-order valence-corrected chi connectivity index (χ1v) is 7.47. The quantitative estimate of drug-likeness (QED) is 0.862. The van der Waals surface area contributed by atoms with Crippen molar-refractivity contribution in [3.05, 3.63) is 83.9 Å². The van der Waals surface area contributed by atoms with Gasteiger partial charge in [-0.3, -0.25) is 5.32 Å². The summed E-state index contributed by atoms with van der Waals surface area (Å²) in [4.78, 5) is 0. The van der Waals surface area contributed by atoms with Crippen LogP contribution >= 0.6 is 0 Å². The Labute approximate surface area is 126 Å². The Morgan fingerprint density at radius 1 is 1.10 bits per heavy atom. The van der Waals surface area contributed by atoms with Crippen LogP contribution < -0.4 is 5.32 Å². The normalized spacial score (nSPS) is 21.9. The summed E-state index contributed by atoms with van der Waals surface area (Å²) in [6.45, 7) is 4.41. The predicted molar refractivity (Wildman–Crippen MR) is 86.1 cm³/mol. The van der Waals surface area contributed by atoms with E-state index in [9.17, 15) is 0 Å². The molecule has 1 aliphatic heterocycles. The van der Waals surface area contributed by atoms with E-state index in [1.165, 1.54) is 16.7 Å². The SMILES string of the molecule is C=CCC1Cc2ccccc2C(c2ccccc2)OCN1. The molecule has 2 aromatic carbocycles. The van der Waals surface area contributed by atoms with Crippen molar-refractivity contribution >= 4 is 0 Å². The number of hydrogen-bond donors (Lipinski definition) is 1. The molecule has 3 rings (SSSR count). The zero-order valence-corrected chi connectivity index (χ0v) is 12.2. The molecule has 0 aromatic heterocycles. The van der Waals surface area contributed by atoms with Crippen LogP contribution in [0.1, 0.15) is 29.2 Å². The van der Waals surface area contributed by atoms with Crippen LogP contribution in [0.4, 0.5) is 0 Å². The Morgan fingerprint density at radius 2 is 1.86 bits per heavy atom. The van der Waals surface area contributed by atoms with Crippen molar-refractivity contribution in [1.82, 2.24) is 5.32 Å². The molecule has 0 bridgehead atoms. The molecule has 0 saturated carbocycles. The molecular weight excluding hydrogens is 258 g/mol. The predicted octanol–water partition coefficient (Wildman–Crippen LogP) is 3.84. The lowest BCUT2D eigenvalue weighted by molar-refractivity contribution is 0.0541. The van der Waals surface area contributed by atoms with Gasteiger partial charge in [0, 0.05) is 6.04 Å². The molecule has 0 spiro atoms. The second kappa shape index (κ2) is 6.70. The van der Waals surface area contributed by atoms with Crippen LogP contribution in [-0.2, 0) is 11.2 Å². The average Bonchev–Trinajstić information content (AvgIpc) is 2.51. The van der Waals surface area contributed by atoms with Crippen LogP contribution in [0.5, 0.6) is 0 Å². The molecule has 108 valence electrons. The van der Waals surface area contributed by atoms with Gasteiger partial charge in [0.15, 0.2) is 0 Å². The first kappa shape index (κ1) is 14.1. The standard InChI is InChI=1S/C19H21NO/c1-2-8-17-13-16-11-6-7-12-18(16)19(21-14-20-17)15-9-4-3-5-10-15/h2-7,9-12,17,19-20H,1,8,13-14H2. The summed E-state index contributed by atoms with van der Waals surface area (Å²) >= 11 is 0. The van der Waals surface area contributed by atoms with E-state index in [-0.39, 0.29) is 6.10 Å². The van der Waals surface area contributed by atoms with Gasteiger partial charge in [-0.15, -0.1) is 6.58 Å². The molecule has 0 amide bonds. The molecule has 2 aromatic rings. The fourth-order valence-corrected chi connectivity index (χ4v) is 2.92. The van der Waals surface area contributed by atoms with Crippen molar-refractivity contribution in [2.75, 3.05) is 6.73 Å². The maximum atomic E-state index is 6.13. The molecule has 2 unspecified atom stereocenters. The van der Waals surface area contributed by atoms with Gasteiger partial charge in [-0.25, -0.2) is 0 Å². The van der Waals surface area contributed by atoms with E-state index in [1.807, 2.05) is 12.1 Å². The second-order valence-corrected chi connectivity index (χ2v) is 5.43. The van der Waals surface area contributed by atoms with Gasteiger partial charge in [-0.05, 0) is 29.5 Å². The van der Waals surface area contributed by atoms with E-state index in [2.05, 4.69) is 60.4 Å². The van der Waals surface area contributed by atoms with Gasteiger partial charge in [0.1, 0.15) is 6.10 Å². The number of nitrogens with one attached hydrogen (secondary N) is 1. The number of rotatable bonds is 3. The van der Waals surface area contributed by atoms with Gasteiger partial charge in [0.05, 0.1) is 6.73 Å². The maximum Gasteiger partial charge on any atom is 0.110 e. The van der Waals surface area contributed by atoms with Crippen molar-refractivity contribution in [3.63, 3.8) is 0 Å². The summed E-state index contributed by atoms with van der Waals surface area (Å²) in [5.41, 5.74) is 3.83. The Bertz CT molecular complexity index is 594. The minimum absolute atomic E-state index is 0.000388.